The third kappa shape index (κ3) is 4.78. The molecule has 0 radical (unpaired) electrons. The Morgan fingerprint density at radius 3 is 2.84 bits per heavy atom. The minimum atomic E-state index is 0.0806. The number of aromatic nitrogens is 1. The molecule has 2 fully saturated rings. The lowest BCUT2D eigenvalue weighted by Gasteiger charge is -2.36. The van der Waals surface area contributed by atoms with Crippen LogP contribution >= 0.6 is 0 Å². The molecule has 0 bridgehead atoms. The van der Waals surface area contributed by atoms with E-state index in [0.717, 1.165) is 68.4 Å². The van der Waals surface area contributed by atoms with Gasteiger partial charge in [-0.25, -0.2) is 9.98 Å². The molecule has 4 aliphatic heterocycles. The number of amidine groups is 2. The maximum absolute atomic E-state index is 6.59. The van der Waals surface area contributed by atoms with E-state index < -0.39 is 0 Å². The molecule has 1 aromatic rings. The summed E-state index contributed by atoms with van der Waals surface area (Å²) in [6, 6.07) is 2.33. The van der Waals surface area contributed by atoms with Gasteiger partial charge in [-0.3, -0.25) is 4.99 Å². The number of dihydropyridines is 1. The molecule has 0 aromatic carbocycles. The van der Waals surface area contributed by atoms with Gasteiger partial charge in [-0.1, -0.05) is 39.5 Å². The maximum atomic E-state index is 6.59. The first-order valence-electron chi connectivity index (χ1n) is 15.2. The van der Waals surface area contributed by atoms with Crippen LogP contribution < -0.4 is 16.4 Å². The zero-order valence-electron chi connectivity index (χ0n) is 23.4. The van der Waals surface area contributed by atoms with Gasteiger partial charge in [0.15, 0.2) is 5.84 Å². The van der Waals surface area contributed by atoms with Crippen LogP contribution in [0.1, 0.15) is 89.2 Å². The Morgan fingerprint density at radius 2 is 2.05 bits per heavy atom. The highest BCUT2D eigenvalue weighted by Gasteiger charge is 2.38. The van der Waals surface area contributed by atoms with Gasteiger partial charge < -0.3 is 21.3 Å². The zero-order chi connectivity index (χ0) is 26.1. The minimum absolute atomic E-state index is 0.0806. The smallest absolute Gasteiger partial charge is 0.157 e. The van der Waals surface area contributed by atoms with Crippen molar-refractivity contribution in [2.45, 2.75) is 96.1 Å². The quantitative estimate of drug-likeness (QED) is 0.499. The number of unbranched alkanes of at least 4 members (excludes halogenated alkanes) is 1. The lowest BCUT2D eigenvalue weighted by atomic mass is 9.75. The number of aliphatic imine (C=N–C) groups is 2. The first kappa shape index (κ1) is 25.6. The number of pyridine rings is 1. The number of hydrogen-bond acceptors (Lipinski definition) is 7. The molecule has 1 saturated carbocycles. The summed E-state index contributed by atoms with van der Waals surface area (Å²) in [7, 11) is 0. The molecule has 7 heteroatoms. The maximum Gasteiger partial charge on any atom is 0.157 e. The molecule has 1 aromatic heterocycles. The van der Waals surface area contributed by atoms with Gasteiger partial charge in [0, 0.05) is 65.9 Å². The van der Waals surface area contributed by atoms with Gasteiger partial charge >= 0.3 is 0 Å². The van der Waals surface area contributed by atoms with Crippen molar-refractivity contribution in [3.63, 3.8) is 0 Å². The third-order valence-electron chi connectivity index (χ3n) is 9.53. The number of anilines is 1. The van der Waals surface area contributed by atoms with Crippen LogP contribution in [-0.2, 0) is 6.42 Å². The summed E-state index contributed by atoms with van der Waals surface area (Å²) in [6.45, 7) is 8.02. The van der Waals surface area contributed by atoms with Gasteiger partial charge in [-0.2, -0.15) is 0 Å². The van der Waals surface area contributed by atoms with E-state index >= 15 is 0 Å². The van der Waals surface area contributed by atoms with Crippen molar-refractivity contribution in [2.24, 2.45) is 21.6 Å². The van der Waals surface area contributed by atoms with Crippen LogP contribution in [0.5, 0.6) is 0 Å². The second-order valence-electron chi connectivity index (χ2n) is 12.1. The fraction of sp³-hybridized carbons (Fsp3) is 0.645. The summed E-state index contributed by atoms with van der Waals surface area (Å²) in [4.78, 5) is 17.9. The number of hydrogen-bond donors (Lipinski definition) is 3. The molecule has 38 heavy (non-hydrogen) atoms. The molecule has 1 aliphatic carbocycles. The molecule has 7 nitrogen and oxygen atoms in total. The fourth-order valence-electron chi connectivity index (χ4n) is 6.94. The number of rotatable bonds is 6. The first-order chi connectivity index (χ1) is 18.6. The molecule has 204 valence electrons. The van der Waals surface area contributed by atoms with Crippen molar-refractivity contribution in [2.75, 3.05) is 31.5 Å². The number of nitrogens with one attached hydrogen (secondary N) is 2. The Morgan fingerprint density at radius 1 is 1.16 bits per heavy atom. The SMILES string of the molecule is CCCCC1(CC)Cc2c(C3=NCC4=CNCC(C5CCC5)=C4C(N4CCCCC(N)C4)=N3)ccnc2N1. The van der Waals surface area contributed by atoms with E-state index in [4.69, 9.17) is 20.7 Å². The highest BCUT2D eigenvalue weighted by Crippen LogP contribution is 2.41. The Kier molecular flexibility index (Phi) is 7.30. The highest BCUT2D eigenvalue weighted by atomic mass is 15.2. The van der Waals surface area contributed by atoms with Crippen molar-refractivity contribution < 1.29 is 0 Å². The molecular formula is C31H45N7. The van der Waals surface area contributed by atoms with Crippen molar-refractivity contribution in [1.82, 2.24) is 15.2 Å². The van der Waals surface area contributed by atoms with E-state index in [1.807, 2.05) is 6.20 Å². The van der Waals surface area contributed by atoms with Crippen LogP contribution in [0, 0.1) is 5.92 Å². The first-order valence-corrected chi connectivity index (χ1v) is 15.2. The molecular weight excluding hydrogens is 470 g/mol. The molecule has 0 amide bonds. The average Bonchev–Trinajstić information content (AvgIpc) is 3.00. The summed E-state index contributed by atoms with van der Waals surface area (Å²) in [5, 5.41) is 7.41. The van der Waals surface area contributed by atoms with Crippen LogP contribution in [0.2, 0.25) is 0 Å². The second-order valence-corrected chi connectivity index (χ2v) is 12.1. The lowest BCUT2D eigenvalue weighted by molar-refractivity contribution is 0.357. The van der Waals surface area contributed by atoms with Crippen LogP contribution in [0.25, 0.3) is 0 Å². The van der Waals surface area contributed by atoms with Crippen molar-refractivity contribution in [1.29, 1.82) is 0 Å². The second kappa shape index (κ2) is 10.8. The topological polar surface area (TPSA) is 90.9 Å². The largest absolute Gasteiger partial charge is 0.387 e. The van der Waals surface area contributed by atoms with E-state index in [2.05, 4.69) is 41.6 Å². The highest BCUT2D eigenvalue weighted by molar-refractivity contribution is 6.15. The molecule has 1 saturated heterocycles. The zero-order valence-corrected chi connectivity index (χ0v) is 23.4. The number of likely N-dealkylation sites (tertiary alicyclic amines) is 1. The van der Waals surface area contributed by atoms with Crippen LogP contribution in [0.3, 0.4) is 0 Å². The van der Waals surface area contributed by atoms with Crippen molar-refractivity contribution in [3.05, 3.63) is 46.3 Å². The minimum Gasteiger partial charge on any atom is -0.387 e. The normalized spacial score (nSPS) is 27.6. The van der Waals surface area contributed by atoms with E-state index in [-0.39, 0.29) is 11.6 Å². The Bertz CT molecular complexity index is 1170. The Balaban J connectivity index is 1.44. The summed E-state index contributed by atoms with van der Waals surface area (Å²) < 4.78 is 0. The molecule has 0 spiro atoms. The summed E-state index contributed by atoms with van der Waals surface area (Å²) in [5.74, 6) is 3.65. The van der Waals surface area contributed by atoms with Crippen molar-refractivity contribution >= 4 is 17.5 Å². The number of fused-ring (bicyclic) bond motifs is 2. The van der Waals surface area contributed by atoms with Crippen LogP contribution in [-0.4, -0.2) is 59.3 Å². The molecule has 5 aliphatic rings. The van der Waals surface area contributed by atoms with Crippen LogP contribution in [0.15, 0.2) is 45.2 Å². The number of nitrogens with zero attached hydrogens (tertiary/aromatic N) is 4. The van der Waals surface area contributed by atoms with Crippen molar-refractivity contribution in [3.8, 4) is 0 Å². The Labute approximate surface area is 228 Å². The number of nitrogens with two attached hydrogens (primary N) is 1. The summed E-state index contributed by atoms with van der Waals surface area (Å²) >= 11 is 0. The summed E-state index contributed by atoms with van der Waals surface area (Å²) in [6.07, 6.45) is 17.1. The van der Waals surface area contributed by atoms with Gasteiger partial charge in [-0.15, -0.1) is 0 Å². The molecule has 5 heterocycles. The standard InChI is InChI=1S/C31H45N7/c1-3-5-13-31(4-2)16-25-24(12-14-34-29(25)37-31)28-35-18-22-17-33-19-26(21-9-8-10-21)27(22)30(36-28)38-15-7-6-11-23(32)20-38/h12,14,17,21,23,33H,3-11,13,15-16,18-20,32H2,1-2H3,(H,34,37). The lowest BCUT2D eigenvalue weighted by Crippen LogP contribution is -2.43. The van der Waals surface area contributed by atoms with E-state index in [9.17, 15) is 0 Å². The predicted molar refractivity (Wildman–Crippen MR) is 157 cm³/mol. The third-order valence-corrected chi connectivity index (χ3v) is 9.53. The molecule has 2 atom stereocenters. The van der Waals surface area contributed by atoms with Crippen LogP contribution in [0.4, 0.5) is 5.82 Å². The van der Waals surface area contributed by atoms with Gasteiger partial charge in [0.2, 0.25) is 0 Å². The van der Waals surface area contributed by atoms with E-state index in [1.54, 1.807) is 0 Å². The van der Waals surface area contributed by atoms with E-state index in [0.29, 0.717) is 12.5 Å². The molecule has 4 N–H and O–H groups in total. The molecule has 6 rings (SSSR count). The Hall–Kier alpha value is -2.67. The van der Waals surface area contributed by atoms with Gasteiger partial charge in [0.1, 0.15) is 11.7 Å². The van der Waals surface area contributed by atoms with E-state index in [1.165, 1.54) is 67.2 Å². The summed E-state index contributed by atoms with van der Waals surface area (Å²) in [5.41, 5.74) is 13.3. The van der Waals surface area contributed by atoms with Gasteiger partial charge in [0.05, 0.1) is 6.54 Å². The van der Waals surface area contributed by atoms with Gasteiger partial charge in [-0.05, 0) is 62.5 Å². The average molecular weight is 516 g/mol. The monoisotopic (exact) mass is 515 g/mol. The van der Waals surface area contributed by atoms with Gasteiger partial charge in [0.25, 0.3) is 0 Å². The molecule has 2 unspecified atom stereocenters. The predicted octanol–water partition coefficient (Wildman–Crippen LogP) is 4.94. The fourth-order valence-corrected chi connectivity index (χ4v) is 6.94.